The van der Waals surface area contributed by atoms with Gasteiger partial charge >= 0.3 is 51.4 Å². The molecule has 70 valence electrons. The molecule has 1 aliphatic rings. The molecule has 0 amide bonds. The maximum absolute atomic E-state index is 4.94. The van der Waals surface area contributed by atoms with E-state index in [2.05, 4.69) is 35.1 Å². The molecule has 1 saturated heterocycles. The fraction of sp³-hybridized carbons (Fsp3) is 0.667. The van der Waals surface area contributed by atoms with Crippen LogP contribution in [0.2, 0.25) is 0 Å². The van der Waals surface area contributed by atoms with Crippen molar-refractivity contribution in [1.29, 1.82) is 0 Å². The predicted octanol–water partition coefficient (Wildman–Crippen LogP) is 0.385. The average Bonchev–Trinajstić information content (AvgIpc) is 2.04. The monoisotopic (exact) mass is 278 g/mol. The number of hydrogen-bond donors (Lipinski definition) is 2. The van der Waals surface area contributed by atoms with Crippen molar-refractivity contribution in [2.75, 3.05) is 26.2 Å². The van der Waals surface area contributed by atoms with E-state index in [1.54, 1.807) is 0 Å². The summed E-state index contributed by atoms with van der Waals surface area (Å²) in [6.07, 6.45) is 0. The van der Waals surface area contributed by atoms with Gasteiger partial charge in [-0.15, -0.1) is 25.3 Å². The number of thiocarbonyl (C=S) groups is 2. The van der Waals surface area contributed by atoms with Gasteiger partial charge < -0.3 is 9.80 Å². The molecule has 0 spiro atoms. The van der Waals surface area contributed by atoms with Crippen LogP contribution in [0.15, 0.2) is 0 Å². The summed E-state index contributed by atoms with van der Waals surface area (Å²) in [7, 11) is 0. The van der Waals surface area contributed by atoms with Crippen LogP contribution in [0.4, 0.5) is 0 Å². The Kier molecular flexibility index (Phi) is 8.60. The Balaban J connectivity index is 0.00000144. The molecular formula is C6H11KN2S4. The first-order chi connectivity index (χ1) is 5.61. The molecule has 0 saturated carbocycles. The number of nitrogens with zero attached hydrogens (tertiary/aromatic N) is 2. The number of thiol groups is 2. The zero-order valence-electron chi connectivity index (χ0n) is 6.43. The van der Waals surface area contributed by atoms with Crippen molar-refractivity contribution in [2.45, 2.75) is 0 Å². The zero-order valence-corrected chi connectivity index (χ0v) is 9.86. The summed E-state index contributed by atoms with van der Waals surface area (Å²) in [6, 6.07) is 0. The molecule has 1 rings (SSSR count). The topological polar surface area (TPSA) is 6.48 Å². The Morgan fingerprint density at radius 1 is 0.846 bits per heavy atom. The summed E-state index contributed by atoms with van der Waals surface area (Å²) in [5.41, 5.74) is 0. The molecule has 1 aliphatic heterocycles. The van der Waals surface area contributed by atoms with Crippen LogP contribution < -0.4 is 0 Å². The standard InChI is InChI=1S/C6H10N2S4.K.H/c9-5(10)7-1-2-8(4-3-7)6(11)12;;/h1-4H2,(H,9,10)(H,11,12);;. The van der Waals surface area contributed by atoms with Gasteiger partial charge in [-0.1, -0.05) is 24.4 Å². The van der Waals surface area contributed by atoms with Crippen molar-refractivity contribution < 1.29 is 0 Å². The van der Waals surface area contributed by atoms with Gasteiger partial charge in [-0.25, -0.2) is 0 Å². The van der Waals surface area contributed by atoms with Crippen molar-refractivity contribution in [3.8, 4) is 0 Å². The van der Waals surface area contributed by atoms with Gasteiger partial charge in [0.15, 0.2) is 0 Å². The third kappa shape index (κ3) is 5.12. The first kappa shape index (κ1) is 15.1. The molecule has 0 N–H and O–H groups in total. The molecular weight excluding hydrogens is 267 g/mol. The quantitative estimate of drug-likeness (QED) is 0.376. The van der Waals surface area contributed by atoms with E-state index in [-0.39, 0.29) is 51.4 Å². The van der Waals surface area contributed by atoms with Crippen molar-refractivity contribution in [3.05, 3.63) is 0 Å². The van der Waals surface area contributed by atoms with Crippen LogP contribution in [0.5, 0.6) is 0 Å². The van der Waals surface area contributed by atoms with E-state index >= 15 is 0 Å². The van der Waals surface area contributed by atoms with E-state index < -0.39 is 0 Å². The van der Waals surface area contributed by atoms with Gasteiger partial charge in [0.1, 0.15) is 8.64 Å². The minimum absolute atomic E-state index is 0. The molecule has 0 bridgehead atoms. The fourth-order valence-electron chi connectivity index (χ4n) is 1.09. The van der Waals surface area contributed by atoms with Crippen LogP contribution in [0.1, 0.15) is 0 Å². The van der Waals surface area contributed by atoms with Crippen LogP contribution in [0, 0.1) is 0 Å². The summed E-state index contributed by atoms with van der Waals surface area (Å²) < 4.78 is 1.33. The summed E-state index contributed by atoms with van der Waals surface area (Å²) >= 11 is 18.1. The molecule has 13 heavy (non-hydrogen) atoms. The van der Waals surface area contributed by atoms with Crippen LogP contribution in [-0.4, -0.2) is 96.0 Å². The molecule has 1 heterocycles. The Labute approximate surface area is 143 Å². The summed E-state index contributed by atoms with van der Waals surface area (Å²) in [4.78, 5) is 4.11. The van der Waals surface area contributed by atoms with Gasteiger partial charge in [0.05, 0.1) is 0 Å². The molecule has 0 atom stereocenters. The third-order valence-corrected chi connectivity index (χ3v) is 2.90. The van der Waals surface area contributed by atoms with E-state index in [9.17, 15) is 0 Å². The second-order valence-corrected chi connectivity index (χ2v) is 4.76. The Morgan fingerprint density at radius 3 is 1.23 bits per heavy atom. The van der Waals surface area contributed by atoms with Crippen molar-refractivity contribution in [1.82, 2.24) is 9.80 Å². The molecule has 0 aromatic rings. The van der Waals surface area contributed by atoms with E-state index in [1.807, 2.05) is 0 Å². The molecule has 2 nitrogen and oxygen atoms in total. The number of rotatable bonds is 0. The SMILES string of the molecule is S=C(S)N1CCN(C(=S)S)CC1.[KH]. The van der Waals surface area contributed by atoms with Crippen molar-refractivity contribution >= 4 is 110 Å². The summed E-state index contributed by atoms with van der Waals surface area (Å²) in [6.45, 7) is 3.57. The average molecular weight is 279 g/mol. The molecule has 0 aliphatic carbocycles. The van der Waals surface area contributed by atoms with Crippen LogP contribution in [0.25, 0.3) is 0 Å². The third-order valence-electron chi connectivity index (χ3n) is 1.82. The van der Waals surface area contributed by atoms with E-state index in [0.29, 0.717) is 8.64 Å². The van der Waals surface area contributed by atoms with E-state index in [1.165, 1.54) is 0 Å². The second kappa shape index (κ2) is 7.40. The molecule has 7 heteroatoms. The maximum atomic E-state index is 4.94. The second-order valence-electron chi connectivity index (χ2n) is 2.54. The van der Waals surface area contributed by atoms with Crippen molar-refractivity contribution in [2.24, 2.45) is 0 Å². The molecule has 0 radical (unpaired) electrons. The van der Waals surface area contributed by atoms with Crippen LogP contribution >= 0.6 is 49.7 Å². The van der Waals surface area contributed by atoms with Crippen LogP contribution in [0.3, 0.4) is 0 Å². The van der Waals surface area contributed by atoms with Gasteiger partial charge in [-0.2, -0.15) is 0 Å². The fourth-order valence-corrected chi connectivity index (χ4v) is 1.85. The first-order valence-corrected chi connectivity index (χ1v) is 5.28. The minimum atomic E-state index is 0. The van der Waals surface area contributed by atoms with Gasteiger partial charge in [-0.3, -0.25) is 0 Å². The van der Waals surface area contributed by atoms with Crippen LogP contribution in [-0.2, 0) is 0 Å². The van der Waals surface area contributed by atoms with Gasteiger partial charge in [0.25, 0.3) is 0 Å². The van der Waals surface area contributed by atoms with Gasteiger partial charge in [-0.05, 0) is 0 Å². The summed E-state index contributed by atoms with van der Waals surface area (Å²) in [5, 5.41) is 0. The Hall–Kier alpha value is 2.12. The summed E-state index contributed by atoms with van der Waals surface area (Å²) in [5.74, 6) is 0. The molecule has 0 aromatic heterocycles. The van der Waals surface area contributed by atoms with E-state index in [4.69, 9.17) is 24.4 Å². The Morgan fingerprint density at radius 2 is 1.08 bits per heavy atom. The zero-order chi connectivity index (χ0) is 9.14. The molecule has 1 fully saturated rings. The molecule has 0 aromatic carbocycles. The van der Waals surface area contributed by atoms with Gasteiger partial charge in [0.2, 0.25) is 0 Å². The van der Waals surface area contributed by atoms with E-state index in [0.717, 1.165) is 26.2 Å². The van der Waals surface area contributed by atoms with Crippen molar-refractivity contribution in [3.63, 3.8) is 0 Å². The van der Waals surface area contributed by atoms with Gasteiger partial charge in [0, 0.05) is 26.2 Å². The Bertz CT molecular complexity index is 181. The first-order valence-electron chi connectivity index (χ1n) is 3.57. The number of piperazine rings is 1. The molecule has 0 unspecified atom stereocenters. The normalized spacial score (nSPS) is 16.5. The predicted molar refractivity (Wildman–Crippen MR) is 73.5 cm³/mol. The number of hydrogen-bond acceptors (Lipinski definition) is 2.